The predicted molar refractivity (Wildman–Crippen MR) is 118 cm³/mol. The van der Waals surface area contributed by atoms with Crippen LogP contribution in [0.15, 0.2) is 59.1 Å². The Kier molecular flexibility index (Phi) is 6.16. The van der Waals surface area contributed by atoms with Crippen LogP contribution in [-0.2, 0) is 11.3 Å². The zero-order valence-corrected chi connectivity index (χ0v) is 17.9. The molecule has 0 spiro atoms. The topological polar surface area (TPSA) is 75.4 Å². The highest BCUT2D eigenvalue weighted by atomic mass is 16.5. The van der Waals surface area contributed by atoms with Crippen molar-refractivity contribution in [2.24, 2.45) is 0 Å². The lowest BCUT2D eigenvalue weighted by Crippen LogP contribution is -2.36. The second kappa shape index (κ2) is 9.16. The summed E-state index contributed by atoms with van der Waals surface area (Å²) in [6.45, 7) is 4.85. The van der Waals surface area contributed by atoms with Crippen LogP contribution in [0.5, 0.6) is 0 Å². The van der Waals surface area contributed by atoms with Crippen LogP contribution in [-0.4, -0.2) is 34.5 Å². The maximum Gasteiger partial charge on any atom is 0.252 e. The van der Waals surface area contributed by atoms with E-state index in [-0.39, 0.29) is 17.9 Å². The first-order valence-corrected chi connectivity index (χ1v) is 10.7. The van der Waals surface area contributed by atoms with E-state index >= 15 is 0 Å². The fourth-order valence-corrected chi connectivity index (χ4v) is 4.08. The first kappa shape index (κ1) is 20.8. The smallest absolute Gasteiger partial charge is 0.252 e. The van der Waals surface area contributed by atoms with E-state index in [1.165, 1.54) is 0 Å². The highest BCUT2D eigenvalue weighted by Gasteiger charge is 2.26. The number of hydrogen-bond acceptors (Lipinski definition) is 4. The van der Waals surface area contributed by atoms with Crippen LogP contribution < -0.4 is 5.32 Å². The summed E-state index contributed by atoms with van der Waals surface area (Å²) in [6, 6.07) is 17.5. The maximum atomic E-state index is 13.1. The van der Waals surface area contributed by atoms with Crippen LogP contribution in [0.2, 0.25) is 0 Å². The molecule has 1 aliphatic heterocycles. The average Bonchev–Trinajstić information content (AvgIpc) is 3.00. The zero-order valence-electron chi connectivity index (χ0n) is 17.9. The molecule has 1 atom stereocenters. The Bertz CT molecular complexity index is 1060. The Morgan fingerprint density at radius 3 is 2.58 bits per heavy atom. The summed E-state index contributed by atoms with van der Waals surface area (Å²) in [6.07, 6.45) is 1.76. The number of likely N-dealkylation sites (tertiary alicyclic amines) is 1. The van der Waals surface area contributed by atoms with Gasteiger partial charge in [-0.15, -0.1) is 0 Å². The van der Waals surface area contributed by atoms with Crippen molar-refractivity contribution in [1.82, 2.24) is 15.4 Å². The molecule has 0 saturated carbocycles. The molecule has 1 saturated heterocycles. The minimum Gasteiger partial charge on any atom is -0.361 e. The van der Waals surface area contributed by atoms with E-state index < -0.39 is 0 Å². The van der Waals surface area contributed by atoms with Gasteiger partial charge in [-0.3, -0.25) is 9.59 Å². The Hall–Kier alpha value is -3.41. The van der Waals surface area contributed by atoms with Crippen LogP contribution in [0.1, 0.15) is 46.6 Å². The standard InChI is InChI=1S/C25H27N3O3/c1-17-23(18(2)31-27-17)16-28-15-14-20(12-13-24(28)29)26-25(30)22-11-7-6-10-21(22)19-8-4-3-5-9-19/h3-11,20H,12-16H2,1-2H3,(H,26,30). The van der Waals surface area contributed by atoms with E-state index in [2.05, 4.69) is 10.5 Å². The molecule has 4 rings (SSSR count). The molecular weight excluding hydrogens is 390 g/mol. The van der Waals surface area contributed by atoms with Crippen molar-refractivity contribution in [2.75, 3.05) is 6.54 Å². The predicted octanol–water partition coefficient (Wildman–Crippen LogP) is 4.27. The number of nitrogens with zero attached hydrogens (tertiary/aromatic N) is 2. The monoisotopic (exact) mass is 417 g/mol. The van der Waals surface area contributed by atoms with Gasteiger partial charge >= 0.3 is 0 Å². The first-order chi connectivity index (χ1) is 15.0. The Morgan fingerprint density at radius 1 is 1.10 bits per heavy atom. The van der Waals surface area contributed by atoms with Gasteiger partial charge in [-0.05, 0) is 43.9 Å². The average molecular weight is 418 g/mol. The van der Waals surface area contributed by atoms with Crippen molar-refractivity contribution in [3.63, 3.8) is 0 Å². The van der Waals surface area contributed by atoms with Crippen molar-refractivity contribution < 1.29 is 14.1 Å². The van der Waals surface area contributed by atoms with Crippen molar-refractivity contribution in [3.8, 4) is 11.1 Å². The minimum atomic E-state index is -0.101. The molecule has 2 amide bonds. The number of carbonyl (C=O) groups excluding carboxylic acids is 2. The summed E-state index contributed by atoms with van der Waals surface area (Å²) in [7, 11) is 0. The number of amides is 2. The molecule has 0 bridgehead atoms. The summed E-state index contributed by atoms with van der Waals surface area (Å²) >= 11 is 0. The summed E-state index contributed by atoms with van der Waals surface area (Å²) < 4.78 is 5.23. The molecule has 1 aliphatic rings. The van der Waals surface area contributed by atoms with E-state index in [0.29, 0.717) is 37.9 Å². The summed E-state index contributed by atoms with van der Waals surface area (Å²) in [5, 5.41) is 7.14. The molecule has 31 heavy (non-hydrogen) atoms. The number of aromatic nitrogens is 1. The van der Waals surface area contributed by atoms with Gasteiger partial charge in [-0.1, -0.05) is 53.7 Å². The van der Waals surface area contributed by atoms with Gasteiger partial charge in [-0.25, -0.2) is 0 Å². The molecule has 0 radical (unpaired) electrons. The Labute approximate surface area is 182 Å². The number of aryl methyl sites for hydroxylation is 2. The van der Waals surface area contributed by atoms with Crippen LogP contribution in [0.4, 0.5) is 0 Å². The van der Waals surface area contributed by atoms with E-state index in [4.69, 9.17) is 4.52 Å². The van der Waals surface area contributed by atoms with Gasteiger partial charge in [0.05, 0.1) is 12.2 Å². The second-order valence-electron chi connectivity index (χ2n) is 8.03. The van der Waals surface area contributed by atoms with Crippen molar-refractivity contribution in [1.29, 1.82) is 0 Å². The molecule has 0 aliphatic carbocycles. The molecule has 1 aromatic heterocycles. The lowest BCUT2D eigenvalue weighted by atomic mass is 9.98. The molecule has 2 aromatic carbocycles. The van der Waals surface area contributed by atoms with Crippen LogP contribution in [0.25, 0.3) is 11.1 Å². The van der Waals surface area contributed by atoms with Crippen LogP contribution in [0.3, 0.4) is 0 Å². The number of rotatable bonds is 5. The molecule has 3 aromatic rings. The number of carbonyl (C=O) groups is 2. The summed E-state index contributed by atoms with van der Waals surface area (Å²) in [4.78, 5) is 27.6. The molecule has 6 nitrogen and oxygen atoms in total. The van der Waals surface area contributed by atoms with Gasteiger partial charge < -0.3 is 14.7 Å². The molecule has 1 fully saturated rings. The Balaban J connectivity index is 1.44. The molecule has 160 valence electrons. The highest BCUT2D eigenvalue weighted by molar-refractivity contribution is 6.01. The van der Waals surface area contributed by atoms with Crippen molar-refractivity contribution in [3.05, 3.63) is 77.2 Å². The van der Waals surface area contributed by atoms with Gasteiger partial charge in [0.2, 0.25) is 5.91 Å². The zero-order chi connectivity index (χ0) is 21.8. The van der Waals surface area contributed by atoms with Gasteiger partial charge in [-0.2, -0.15) is 0 Å². The van der Waals surface area contributed by atoms with Gasteiger partial charge in [0, 0.05) is 30.1 Å². The van der Waals surface area contributed by atoms with E-state index in [9.17, 15) is 9.59 Å². The SMILES string of the molecule is Cc1noc(C)c1CN1CCC(NC(=O)c2ccccc2-c2ccccc2)CCC1=O. The summed E-state index contributed by atoms with van der Waals surface area (Å²) in [5.74, 6) is 0.745. The van der Waals surface area contributed by atoms with Crippen molar-refractivity contribution in [2.45, 2.75) is 45.7 Å². The van der Waals surface area contributed by atoms with Gasteiger partial charge in [0.25, 0.3) is 5.91 Å². The summed E-state index contributed by atoms with van der Waals surface area (Å²) in [5.41, 5.74) is 4.35. The van der Waals surface area contributed by atoms with E-state index in [0.717, 1.165) is 28.1 Å². The number of hydrogen-bond donors (Lipinski definition) is 1. The fraction of sp³-hybridized carbons (Fsp3) is 0.320. The molecule has 1 unspecified atom stereocenters. The number of nitrogens with one attached hydrogen (secondary N) is 1. The number of benzene rings is 2. The normalized spacial score (nSPS) is 16.8. The third-order valence-corrected chi connectivity index (χ3v) is 5.93. The minimum absolute atomic E-state index is 0.0463. The molecular formula is C25H27N3O3. The third kappa shape index (κ3) is 4.68. The fourth-order valence-electron chi connectivity index (χ4n) is 4.08. The molecule has 6 heteroatoms. The van der Waals surface area contributed by atoms with Crippen LogP contribution >= 0.6 is 0 Å². The Morgan fingerprint density at radius 2 is 1.84 bits per heavy atom. The largest absolute Gasteiger partial charge is 0.361 e. The lowest BCUT2D eigenvalue weighted by molar-refractivity contribution is -0.131. The second-order valence-corrected chi connectivity index (χ2v) is 8.03. The van der Waals surface area contributed by atoms with Crippen molar-refractivity contribution >= 4 is 11.8 Å². The van der Waals surface area contributed by atoms with E-state index in [1.807, 2.05) is 73.3 Å². The quantitative estimate of drug-likeness (QED) is 0.673. The highest BCUT2D eigenvalue weighted by Crippen LogP contribution is 2.24. The third-order valence-electron chi connectivity index (χ3n) is 5.93. The van der Waals surface area contributed by atoms with E-state index in [1.54, 1.807) is 0 Å². The molecule has 2 heterocycles. The van der Waals surface area contributed by atoms with Gasteiger partial charge in [0.1, 0.15) is 5.76 Å². The van der Waals surface area contributed by atoms with Gasteiger partial charge in [0.15, 0.2) is 0 Å². The lowest BCUT2D eigenvalue weighted by Gasteiger charge is -2.21. The first-order valence-electron chi connectivity index (χ1n) is 10.7. The molecule has 1 N–H and O–H groups in total. The maximum absolute atomic E-state index is 13.1. The van der Waals surface area contributed by atoms with Crippen LogP contribution in [0, 0.1) is 13.8 Å².